The summed E-state index contributed by atoms with van der Waals surface area (Å²) >= 11 is 0. The minimum Gasteiger partial charge on any atom is -0.306 e. The van der Waals surface area contributed by atoms with E-state index in [0.717, 1.165) is 11.0 Å². The first-order chi connectivity index (χ1) is 7.06. The number of rotatable bonds is 3. The molecule has 0 spiro atoms. The second kappa shape index (κ2) is 6.56. The van der Waals surface area contributed by atoms with Gasteiger partial charge >= 0.3 is 0 Å². The standard InChI is InChI=1S/C11H10F2NO.Ti/c1-3-6-14(8(2)15)11-5-4-9(12)7-10(11)13;/h3-5H,1,6H2,2H3;. The largest absolute Gasteiger partial charge is 0.306 e. The van der Waals surface area contributed by atoms with Crippen molar-refractivity contribution in [2.45, 2.75) is 6.92 Å². The number of hydrogen-bond donors (Lipinski definition) is 0. The van der Waals surface area contributed by atoms with Gasteiger partial charge in [0.1, 0.15) is 5.82 Å². The molecule has 1 amide bonds. The van der Waals surface area contributed by atoms with E-state index in [1.807, 2.05) is 6.07 Å². The molecular weight excluding hydrogens is 248 g/mol. The first kappa shape index (κ1) is 15.0. The van der Waals surface area contributed by atoms with Crippen LogP contribution in [0, 0.1) is 17.7 Å². The summed E-state index contributed by atoms with van der Waals surface area (Å²) in [7, 11) is 0. The fraction of sp³-hybridized carbons (Fsp3) is 0.182. The molecule has 1 rings (SSSR count). The predicted molar refractivity (Wildman–Crippen MR) is 53.4 cm³/mol. The Morgan fingerprint density at radius 3 is 2.62 bits per heavy atom. The molecule has 0 saturated heterocycles. The molecular formula is C11H10F2NOTi. The number of carbonyl (C=O) groups is 1. The molecule has 0 aliphatic heterocycles. The third-order valence-corrected chi connectivity index (χ3v) is 1.82. The minimum atomic E-state index is -0.882. The number of halogens is 2. The number of anilines is 1. The zero-order valence-electron chi connectivity index (χ0n) is 8.76. The monoisotopic (exact) mass is 258 g/mol. The fourth-order valence-electron chi connectivity index (χ4n) is 1.17. The first-order valence-electron chi connectivity index (χ1n) is 4.32. The van der Waals surface area contributed by atoms with Gasteiger partial charge in [0.15, 0.2) is 5.82 Å². The Hall–Kier alpha value is -0.996. The SMILES string of the molecule is C=CCN(C(C)=O)c1ccc(F)[c]c1F.[Ti]. The van der Waals surface area contributed by atoms with E-state index in [0.29, 0.717) is 0 Å². The number of amides is 1. The van der Waals surface area contributed by atoms with Crippen LogP contribution in [0.5, 0.6) is 0 Å². The van der Waals surface area contributed by atoms with Crippen LogP contribution in [0.15, 0.2) is 24.8 Å². The van der Waals surface area contributed by atoms with Crippen LogP contribution in [0.25, 0.3) is 0 Å². The smallest absolute Gasteiger partial charge is 0.224 e. The summed E-state index contributed by atoms with van der Waals surface area (Å²) in [6.07, 6.45) is 1.46. The topological polar surface area (TPSA) is 20.3 Å². The molecule has 5 heteroatoms. The van der Waals surface area contributed by atoms with Crippen molar-refractivity contribution in [2.24, 2.45) is 0 Å². The molecule has 1 aromatic carbocycles. The van der Waals surface area contributed by atoms with E-state index in [-0.39, 0.29) is 39.9 Å². The number of carbonyl (C=O) groups excluding carboxylic acids is 1. The molecule has 0 atom stereocenters. The van der Waals surface area contributed by atoms with Crippen LogP contribution in [0.1, 0.15) is 6.92 Å². The van der Waals surface area contributed by atoms with Crippen LogP contribution in [0.4, 0.5) is 14.5 Å². The maximum Gasteiger partial charge on any atom is 0.224 e. The maximum absolute atomic E-state index is 13.3. The van der Waals surface area contributed by atoms with Gasteiger partial charge in [0, 0.05) is 35.2 Å². The van der Waals surface area contributed by atoms with Crippen molar-refractivity contribution in [1.82, 2.24) is 0 Å². The van der Waals surface area contributed by atoms with E-state index in [1.165, 1.54) is 19.1 Å². The van der Waals surface area contributed by atoms with Gasteiger partial charge in [-0.15, -0.1) is 6.58 Å². The molecule has 2 nitrogen and oxygen atoms in total. The van der Waals surface area contributed by atoms with Crippen molar-refractivity contribution >= 4 is 11.6 Å². The van der Waals surface area contributed by atoms with Gasteiger partial charge in [0.2, 0.25) is 5.91 Å². The molecule has 16 heavy (non-hydrogen) atoms. The zero-order chi connectivity index (χ0) is 11.4. The average Bonchev–Trinajstić information content (AvgIpc) is 2.15. The third kappa shape index (κ3) is 3.54. The molecule has 0 saturated carbocycles. The Labute approximate surface area is 108 Å². The Balaban J connectivity index is 0.00000225. The molecule has 0 aliphatic rings. The average molecular weight is 258 g/mol. The molecule has 0 aromatic heterocycles. The van der Waals surface area contributed by atoms with E-state index in [4.69, 9.17) is 0 Å². The maximum atomic E-state index is 13.3. The summed E-state index contributed by atoms with van der Waals surface area (Å²) < 4.78 is 25.8. The summed E-state index contributed by atoms with van der Waals surface area (Å²) in [5, 5.41) is 0. The van der Waals surface area contributed by atoms with Crippen molar-refractivity contribution in [1.29, 1.82) is 0 Å². The second-order valence-electron chi connectivity index (χ2n) is 2.92. The van der Waals surface area contributed by atoms with E-state index in [1.54, 1.807) is 0 Å². The normalized spacial score (nSPS) is 9.19. The zero-order valence-corrected chi connectivity index (χ0v) is 10.3. The van der Waals surface area contributed by atoms with Gasteiger partial charge < -0.3 is 4.90 Å². The van der Waals surface area contributed by atoms with Gasteiger partial charge in [0.25, 0.3) is 0 Å². The van der Waals surface area contributed by atoms with Crippen LogP contribution in [0.3, 0.4) is 0 Å². The molecule has 1 radical (unpaired) electrons. The van der Waals surface area contributed by atoms with Crippen LogP contribution in [-0.2, 0) is 26.5 Å². The molecule has 1 aromatic rings. The van der Waals surface area contributed by atoms with Gasteiger partial charge in [-0.3, -0.25) is 4.79 Å². The molecule has 0 aliphatic carbocycles. The van der Waals surface area contributed by atoms with Crippen molar-refractivity contribution in [3.63, 3.8) is 0 Å². The summed E-state index contributed by atoms with van der Waals surface area (Å²) in [6.45, 7) is 4.93. The van der Waals surface area contributed by atoms with Crippen LogP contribution >= 0.6 is 0 Å². The van der Waals surface area contributed by atoms with Crippen molar-refractivity contribution in [3.8, 4) is 0 Å². The molecule has 0 fully saturated rings. The van der Waals surface area contributed by atoms with Gasteiger partial charge in [0.05, 0.1) is 11.8 Å². The fourth-order valence-corrected chi connectivity index (χ4v) is 1.17. The van der Waals surface area contributed by atoms with Crippen LogP contribution in [0.2, 0.25) is 0 Å². The summed E-state index contributed by atoms with van der Waals surface area (Å²) in [4.78, 5) is 12.3. The van der Waals surface area contributed by atoms with E-state index < -0.39 is 11.6 Å². The number of benzene rings is 1. The minimum absolute atomic E-state index is 0. The molecule has 0 heterocycles. The van der Waals surface area contributed by atoms with Crippen molar-refractivity contribution in [2.75, 3.05) is 11.4 Å². The molecule has 0 unspecified atom stereocenters. The van der Waals surface area contributed by atoms with E-state index >= 15 is 0 Å². The van der Waals surface area contributed by atoms with E-state index in [9.17, 15) is 13.6 Å². The Kier molecular flexibility index (Phi) is 6.15. The predicted octanol–water partition coefficient (Wildman–Crippen LogP) is 2.30. The van der Waals surface area contributed by atoms with E-state index in [2.05, 4.69) is 6.58 Å². The molecule has 0 bridgehead atoms. The number of nitrogens with zero attached hydrogens (tertiary/aromatic N) is 1. The molecule has 0 N–H and O–H groups in total. The Morgan fingerprint density at radius 2 is 2.19 bits per heavy atom. The Morgan fingerprint density at radius 1 is 1.56 bits per heavy atom. The quantitative estimate of drug-likeness (QED) is 0.601. The summed E-state index contributed by atoms with van der Waals surface area (Å²) in [5.41, 5.74) is 0.00352. The Bertz CT molecular complexity index is 396. The van der Waals surface area contributed by atoms with Gasteiger partial charge in [-0.05, 0) is 12.1 Å². The van der Waals surface area contributed by atoms with Gasteiger partial charge in [-0.2, -0.15) is 0 Å². The van der Waals surface area contributed by atoms with Gasteiger partial charge in [-0.25, -0.2) is 8.78 Å². The summed E-state index contributed by atoms with van der Waals surface area (Å²) in [6, 6.07) is 4.12. The number of hydrogen-bond acceptors (Lipinski definition) is 1. The van der Waals surface area contributed by atoms with Crippen LogP contribution < -0.4 is 4.90 Å². The summed E-state index contributed by atoms with van der Waals surface area (Å²) in [5.74, 6) is -2.01. The molecule has 83 valence electrons. The van der Waals surface area contributed by atoms with Gasteiger partial charge in [-0.1, -0.05) is 6.08 Å². The third-order valence-electron chi connectivity index (χ3n) is 1.82. The second-order valence-corrected chi connectivity index (χ2v) is 2.92. The van der Waals surface area contributed by atoms with Crippen molar-refractivity contribution < 1.29 is 35.3 Å². The van der Waals surface area contributed by atoms with Crippen molar-refractivity contribution in [3.05, 3.63) is 42.5 Å². The first-order valence-corrected chi connectivity index (χ1v) is 4.32. The van der Waals surface area contributed by atoms with Crippen LogP contribution in [-0.4, -0.2) is 12.5 Å².